The molecule has 10 heteroatoms. The zero-order chi connectivity index (χ0) is 25.8. The summed E-state index contributed by atoms with van der Waals surface area (Å²) in [5.41, 5.74) is 0.481. The predicted molar refractivity (Wildman–Crippen MR) is 134 cm³/mol. The van der Waals surface area contributed by atoms with Crippen LogP contribution in [-0.4, -0.2) is 24.5 Å². The van der Waals surface area contributed by atoms with E-state index in [1.165, 1.54) is 30.3 Å². The van der Waals surface area contributed by atoms with Crippen molar-refractivity contribution in [3.8, 4) is 11.5 Å². The molecule has 0 aromatic heterocycles. The second-order valence-corrected chi connectivity index (χ2v) is 8.43. The van der Waals surface area contributed by atoms with Gasteiger partial charge in [0.15, 0.2) is 11.5 Å². The Labute approximate surface area is 216 Å². The van der Waals surface area contributed by atoms with E-state index in [0.29, 0.717) is 22.1 Å². The summed E-state index contributed by atoms with van der Waals surface area (Å²) < 4.78 is 25.8. The van der Waals surface area contributed by atoms with E-state index in [1.54, 1.807) is 31.2 Å². The van der Waals surface area contributed by atoms with Crippen molar-refractivity contribution in [1.29, 1.82) is 0 Å². The summed E-state index contributed by atoms with van der Waals surface area (Å²) in [6.45, 7) is 2.23. The van der Waals surface area contributed by atoms with E-state index in [0.717, 1.165) is 11.6 Å². The molecule has 3 aromatic carbocycles. The van der Waals surface area contributed by atoms with Gasteiger partial charge in [-0.15, -0.1) is 0 Å². The van der Waals surface area contributed by atoms with Crippen molar-refractivity contribution < 1.29 is 28.2 Å². The number of amides is 4. The highest BCUT2D eigenvalue weighted by molar-refractivity contribution is 6.39. The first kappa shape index (κ1) is 25.2. The minimum Gasteiger partial charge on any atom is -0.490 e. The molecular weight excluding hydrogens is 510 g/mol. The van der Waals surface area contributed by atoms with Crippen LogP contribution in [0.2, 0.25) is 10.0 Å². The quantitative estimate of drug-likeness (QED) is 0.310. The number of carbonyl (C=O) groups is 3. The predicted octanol–water partition coefficient (Wildman–Crippen LogP) is 5.78. The van der Waals surface area contributed by atoms with Gasteiger partial charge < -0.3 is 9.47 Å². The maximum Gasteiger partial charge on any atom is 0.336 e. The average Bonchev–Trinajstić information content (AvgIpc) is 2.82. The normalized spacial score (nSPS) is 14.7. The molecular formula is C26H19Cl2FN2O5. The fourth-order valence-corrected chi connectivity index (χ4v) is 4.02. The van der Waals surface area contributed by atoms with Crippen LogP contribution in [0, 0.1) is 5.82 Å². The van der Waals surface area contributed by atoms with Crippen molar-refractivity contribution in [2.75, 3.05) is 11.5 Å². The van der Waals surface area contributed by atoms with Crippen molar-refractivity contribution in [3.63, 3.8) is 0 Å². The monoisotopic (exact) mass is 528 g/mol. The summed E-state index contributed by atoms with van der Waals surface area (Å²) in [5.74, 6) is -2.15. The standard InChI is InChI=1S/C26H19Cl2FN2O5/c1-2-35-22-13-16(12-19(28)23(22)36-14-15-6-5-7-17(27)10-15)11-18-24(32)30-26(34)31(25(18)33)21-9-4-3-8-20(21)29/h3-13H,2,14H2,1H3,(H,30,32,34)/b18-11-. The molecule has 0 spiro atoms. The Morgan fingerprint density at radius 1 is 1.00 bits per heavy atom. The summed E-state index contributed by atoms with van der Waals surface area (Å²) >= 11 is 12.5. The van der Waals surface area contributed by atoms with Gasteiger partial charge in [0.05, 0.1) is 17.3 Å². The molecule has 1 saturated heterocycles. The number of hydrogen-bond acceptors (Lipinski definition) is 5. The van der Waals surface area contributed by atoms with E-state index in [9.17, 15) is 18.8 Å². The van der Waals surface area contributed by atoms with Crippen LogP contribution >= 0.6 is 23.2 Å². The van der Waals surface area contributed by atoms with Crippen molar-refractivity contribution in [2.24, 2.45) is 0 Å². The topological polar surface area (TPSA) is 84.9 Å². The van der Waals surface area contributed by atoms with Gasteiger partial charge in [-0.1, -0.05) is 47.5 Å². The maximum atomic E-state index is 14.3. The van der Waals surface area contributed by atoms with Gasteiger partial charge in [-0.05, 0) is 60.5 Å². The fourth-order valence-electron chi connectivity index (χ4n) is 3.53. The lowest BCUT2D eigenvalue weighted by Gasteiger charge is -2.26. The number of barbiturate groups is 1. The first-order valence-electron chi connectivity index (χ1n) is 10.8. The Bertz CT molecular complexity index is 1390. The number of nitrogens with one attached hydrogen (secondary N) is 1. The van der Waals surface area contributed by atoms with E-state index in [2.05, 4.69) is 5.32 Å². The zero-order valence-corrected chi connectivity index (χ0v) is 20.4. The highest BCUT2D eigenvalue weighted by atomic mass is 35.5. The molecule has 0 atom stereocenters. The number of rotatable bonds is 7. The molecule has 3 aromatic rings. The van der Waals surface area contributed by atoms with E-state index in [1.807, 2.05) is 6.07 Å². The summed E-state index contributed by atoms with van der Waals surface area (Å²) in [7, 11) is 0. The summed E-state index contributed by atoms with van der Waals surface area (Å²) in [5, 5.41) is 2.79. The van der Waals surface area contributed by atoms with Gasteiger partial charge in [0.2, 0.25) is 0 Å². The number of para-hydroxylation sites is 1. The van der Waals surface area contributed by atoms with Gasteiger partial charge in [0.1, 0.15) is 18.0 Å². The van der Waals surface area contributed by atoms with Crippen LogP contribution in [0.15, 0.2) is 66.2 Å². The number of benzene rings is 3. The number of anilines is 1. The molecule has 184 valence electrons. The zero-order valence-electron chi connectivity index (χ0n) is 18.9. The lowest BCUT2D eigenvalue weighted by atomic mass is 10.1. The molecule has 0 unspecified atom stereocenters. The number of carbonyl (C=O) groups excluding carboxylic acids is 3. The van der Waals surface area contributed by atoms with Crippen LogP contribution < -0.4 is 19.7 Å². The molecule has 0 saturated carbocycles. The maximum absolute atomic E-state index is 14.3. The largest absolute Gasteiger partial charge is 0.490 e. The molecule has 36 heavy (non-hydrogen) atoms. The Morgan fingerprint density at radius 3 is 2.50 bits per heavy atom. The Balaban J connectivity index is 1.67. The van der Waals surface area contributed by atoms with Crippen molar-refractivity contribution in [1.82, 2.24) is 5.32 Å². The van der Waals surface area contributed by atoms with Gasteiger partial charge in [-0.3, -0.25) is 14.9 Å². The lowest BCUT2D eigenvalue weighted by molar-refractivity contribution is -0.122. The molecule has 1 N–H and O–H groups in total. The number of hydrogen-bond donors (Lipinski definition) is 1. The minimum atomic E-state index is -1.05. The SMILES string of the molecule is CCOc1cc(/C=C2/C(=O)NC(=O)N(c3ccccc3F)C2=O)cc(Cl)c1OCc1cccc(Cl)c1. The minimum absolute atomic E-state index is 0.167. The summed E-state index contributed by atoms with van der Waals surface area (Å²) in [4.78, 5) is 38.4. The second-order valence-electron chi connectivity index (χ2n) is 7.59. The number of imide groups is 2. The van der Waals surface area contributed by atoms with E-state index >= 15 is 0 Å². The van der Waals surface area contributed by atoms with Crippen LogP contribution in [0.1, 0.15) is 18.1 Å². The molecule has 1 aliphatic heterocycles. The van der Waals surface area contributed by atoms with E-state index in [4.69, 9.17) is 32.7 Å². The third kappa shape index (κ3) is 5.35. The van der Waals surface area contributed by atoms with E-state index < -0.39 is 23.7 Å². The van der Waals surface area contributed by atoms with Crippen molar-refractivity contribution >= 4 is 52.8 Å². The third-order valence-electron chi connectivity index (χ3n) is 5.11. The molecule has 1 aliphatic rings. The van der Waals surface area contributed by atoms with Gasteiger partial charge >= 0.3 is 6.03 Å². The van der Waals surface area contributed by atoms with Crippen LogP contribution in [0.25, 0.3) is 6.08 Å². The first-order chi connectivity index (χ1) is 17.3. The third-order valence-corrected chi connectivity index (χ3v) is 5.63. The summed E-state index contributed by atoms with van der Waals surface area (Å²) in [6.07, 6.45) is 1.24. The Morgan fingerprint density at radius 2 is 1.78 bits per heavy atom. The molecule has 4 rings (SSSR count). The molecule has 0 bridgehead atoms. The first-order valence-corrected chi connectivity index (χ1v) is 11.5. The molecule has 4 amide bonds. The second kappa shape index (κ2) is 10.8. The fraction of sp³-hybridized carbons (Fsp3) is 0.115. The highest BCUT2D eigenvalue weighted by Gasteiger charge is 2.38. The molecule has 1 heterocycles. The molecule has 7 nitrogen and oxygen atoms in total. The lowest BCUT2D eigenvalue weighted by Crippen LogP contribution is -2.54. The molecule has 0 aliphatic carbocycles. The Hall–Kier alpha value is -3.88. The van der Waals surface area contributed by atoms with Crippen LogP contribution in [0.3, 0.4) is 0 Å². The highest BCUT2D eigenvalue weighted by Crippen LogP contribution is 2.38. The number of ether oxygens (including phenoxy) is 2. The van der Waals surface area contributed by atoms with Crippen LogP contribution in [0.4, 0.5) is 14.9 Å². The van der Waals surface area contributed by atoms with Gasteiger partial charge in [-0.25, -0.2) is 14.1 Å². The molecule has 0 radical (unpaired) electrons. The number of nitrogens with zero attached hydrogens (tertiary/aromatic N) is 1. The summed E-state index contributed by atoms with van der Waals surface area (Å²) in [6, 6.07) is 14.4. The van der Waals surface area contributed by atoms with Gasteiger partial charge in [0.25, 0.3) is 11.8 Å². The average molecular weight is 529 g/mol. The smallest absolute Gasteiger partial charge is 0.336 e. The van der Waals surface area contributed by atoms with Gasteiger partial charge in [-0.2, -0.15) is 0 Å². The Kier molecular flexibility index (Phi) is 7.57. The van der Waals surface area contributed by atoms with Crippen LogP contribution in [-0.2, 0) is 16.2 Å². The van der Waals surface area contributed by atoms with Gasteiger partial charge in [0, 0.05) is 5.02 Å². The number of urea groups is 1. The van der Waals surface area contributed by atoms with Crippen LogP contribution in [0.5, 0.6) is 11.5 Å². The van der Waals surface area contributed by atoms with Crippen molar-refractivity contribution in [2.45, 2.75) is 13.5 Å². The number of halogens is 3. The molecule has 1 fully saturated rings. The van der Waals surface area contributed by atoms with Crippen molar-refractivity contribution in [3.05, 3.63) is 93.2 Å². The van der Waals surface area contributed by atoms with E-state index in [-0.39, 0.29) is 34.4 Å².